The van der Waals surface area contributed by atoms with Crippen molar-refractivity contribution < 1.29 is 22.2 Å². The number of nitrogens with one attached hydrogen (secondary N) is 1. The molecule has 2 N–H and O–H groups in total. The topological polar surface area (TPSA) is 128 Å². The minimum atomic E-state index is -3.83. The van der Waals surface area contributed by atoms with Crippen molar-refractivity contribution in [2.75, 3.05) is 25.5 Å². The van der Waals surface area contributed by atoms with E-state index < -0.39 is 26.9 Å². The van der Waals surface area contributed by atoms with Crippen molar-refractivity contribution in [1.29, 1.82) is 0 Å². The first-order chi connectivity index (χ1) is 15.1. The van der Waals surface area contributed by atoms with E-state index in [1.807, 2.05) is 19.9 Å². The summed E-state index contributed by atoms with van der Waals surface area (Å²) in [5, 5.41) is 15.0. The summed E-state index contributed by atoms with van der Waals surface area (Å²) in [6.07, 6.45) is 2.35. The molecule has 0 spiro atoms. The van der Waals surface area contributed by atoms with Gasteiger partial charge in [0.2, 0.25) is 0 Å². The average Bonchev–Trinajstić information content (AvgIpc) is 3.43. The average molecular weight is 502 g/mol. The minimum Gasteiger partial charge on any atom is -0.504 e. The van der Waals surface area contributed by atoms with Gasteiger partial charge in [-0.3, -0.25) is 0 Å². The van der Waals surface area contributed by atoms with Gasteiger partial charge in [-0.1, -0.05) is 20.8 Å². The molecule has 0 fully saturated rings. The minimum absolute atomic E-state index is 0.154. The summed E-state index contributed by atoms with van der Waals surface area (Å²) >= 11 is -0.933. The van der Waals surface area contributed by atoms with Crippen LogP contribution in [0.4, 0.5) is 5.69 Å². The van der Waals surface area contributed by atoms with Crippen molar-refractivity contribution in [2.45, 2.75) is 44.4 Å². The van der Waals surface area contributed by atoms with Crippen LogP contribution in [0.1, 0.15) is 44.6 Å². The van der Waals surface area contributed by atoms with E-state index in [0.29, 0.717) is 12.3 Å². The molecule has 0 radical (unpaired) electrons. The molecule has 32 heavy (non-hydrogen) atoms. The molecule has 1 aliphatic heterocycles. The van der Waals surface area contributed by atoms with E-state index in [2.05, 4.69) is 14.1 Å². The third-order valence-corrected chi connectivity index (χ3v) is 9.29. The maximum absolute atomic E-state index is 12.8. The van der Waals surface area contributed by atoms with Crippen LogP contribution in [-0.2, 0) is 21.2 Å². The van der Waals surface area contributed by atoms with Crippen molar-refractivity contribution in [2.24, 2.45) is 8.80 Å². The first-order valence-corrected chi connectivity index (χ1v) is 13.5. The number of sulfonamides is 1. The van der Waals surface area contributed by atoms with E-state index in [1.54, 1.807) is 32.1 Å². The quantitative estimate of drug-likeness (QED) is 0.568. The lowest BCUT2D eigenvalue weighted by Crippen LogP contribution is -2.38. The molecular weight excluding hydrogens is 474 g/mol. The number of nitrogens with zero attached hydrogens (tertiary/aromatic N) is 4. The Bertz CT molecular complexity index is 1160. The third-order valence-electron chi connectivity index (χ3n) is 5.08. The summed E-state index contributed by atoms with van der Waals surface area (Å²) in [4.78, 5) is 1.80. The fourth-order valence-electron chi connectivity index (χ4n) is 3.42. The zero-order chi connectivity index (χ0) is 23.6. The summed E-state index contributed by atoms with van der Waals surface area (Å²) < 4.78 is 52.6. The normalized spacial score (nSPS) is 17.4. The van der Waals surface area contributed by atoms with Gasteiger partial charge in [0.25, 0.3) is 21.2 Å². The molecule has 13 heteroatoms. The zero-order valence-corrected chi connectivity index (χ0v) is 21.0. The second kappa shape index (κ2) is 9.73. The van der Waals surface area contributed by atoms with Gasteiger partial charge in [-0.2, -0.15) is 4.31 Å². The van der Waals surface area contributed by atoms with Crippen LogP contribution in [0, 0.1) is 6.92 Å². The van der Waals surface area contributed by atoms with Gasteiger partial charge in [0, 0.05) is 25.5 Å². The number of hydrogen-bond donors (Lipinski definition) is 2. The lowest BCUT2D eigenvalue weighted by molar-refractivity contribution is 0.310. The summed E-state index contributed by atoms with van der Waals surface area (Å²) in [6.45, 7) is 7.96. The molecule has 1 unspecified atom stereocenters. The molecule has 10 nitrogen and oxygen atoms in total. The van der Waals surface area contributed by atoms with Gasteiger partial charge in [-0.05, 0) is 25.0 Å². The molecule has 0 bridgehead atoms. The Labute approximate surface area is 194 Å². The molecule has 3 heterocycles. The molecule has 0 aliphatic carbocycles. The number of hydrogen-bond acceptors (Lipinski definition) is 8. The summed E-state index contributed by atoms with van der Waals surface area (Å²) in [6, 6.07) is 1.75. The van der Waals surface area contributed by atoms with Gasteiger partial charge in [0.05, 0.1) is 18.0 Å². The number of rotatable bonds is 8. The summed E-state index contributed by atoms with van der Waals surface area (Å²) in [5.74, 6) is 0.826. The summed E-state index contributed by atoms with van der Waals surface area (Å²) in [5.41, 5.74) is 1.14. The lowest BCUT2D eigenvalue weighted by atomic mass is 10.1. The number of furan rings is 1. The van der Waals surface area contributed by atoms with Crippen LogP contribution in [0.2, 0.25) is 0 Å². The standard InChI is InChI=1S/C19H27N5O5S3/c1-6-14(15-9-12(4)10-29-15)23(5)18-17(21-31(26)22-18)20-13-11-30-19(16(13)25)32(27,28)24(7-2)8-3/h9-11,14,25H,6-8H2,1-5H3,(H,20,21)/t14-,31?/m1/s1. The molecule has 176 valence electrons. The molecule has 0 aromatic carbocycles. The van der Waals surface area contributed by atoms with E-state index in [-0.39, 0.29) is 34.9 Å². The van der Waals surface area contributed by atoms with Gasteiger partial charge in [0.15, 0.2) is 21.6 Å². The van der Waals surface area contributed by atoms with Gasteiger partial charge in [-0.15, -0.1) is 20.1 Å². The first kappa shape index (κ1) is 24.4. The highest BCUT2D eigenvalue weighted by Gasteiger charge is 2.32. The van der Waals surface area contributed by atoms with Crippen LogP contribution in [0.25, 0.3) is 0 Å². The molecule has 3 rings (SSSR count). The second-order valence-electron chi connectivity index (χ2n) is 7.15. The van der Waals surface area contributed by atoms with Crippen molar-refractivity contribution >= 4 is 49.9 Å². The SMILES string of the molecule is CC[C@H](c1cc(C)co1)N(C)C1=NS(=O)N=C1Nc1csc(S(=O)(=O)N(CC)CC)c1O. The Morgan fingerprint density at radius 3 is 2.53 bits per heavy atom. The highest BCUT2D eigenvalue weighted by Crippen LogP contribution is 2.39. The van der Waals surface area contributed by atoms with Crippen molar-refractivity contribution in [3.05, 3.63) is 29.0 Å². The van der Waals surface area contributed by atoms with Crippen LogP contribution in [-0.4, -0.2) is 58.7 Å². The molecule has 0 saturated carbocycles. The highest BCUT2D eigenvalue weighted by molar-refractivity contribution is 7.91. The number of likely N-dealkylation sites (N-methyl/N-ethyl adjacent to an activating group) is 1. The maximum atomic E-state index is 12.8. The van der Waals surface area contributed by atoms with Gasteiger partial charge >= 0.3 is 0 Å². The van der Waals surface area contributed by atoms with Crippen molar-refractivity contribution in [3.8, 4) is 5.75 Å². The molecule has 0 saturated heterocycles. The van der Waals surface area contributed by atoms with Crippen LogP contribution < -0.4 is 5.32 Å². The largest absolute Gasteiger partial charge is 0.504 e. The number of anilines is 1. The monoisotopic (exact) mass is 501 g/mol. The third kappa shape index (κ3) is 4.60. The van der Waals surface area contributed by atoms with Crippen molar-refractivity contribution in [3.63, 3.8) is 0 Å². The fourth-order valence-corrected chi connectivity index (χ4v) is 6.94. The first-order valence-electron chi connectivity index (χ1n) is 10.1. The molecule has 2 aromatic rings. The maximum Gasteiger partial charge on any atom is 0.269 e. The Morgan fingerprint density at radius 1 is 1.28 bits per heavy atom. The number of aryl methyl sites for hydroxylation is 1. The van der Waals surface area contributed by atoms with Gasteiger partial charge in [-0.25, -0.2) is 12.6 Å². The number of thiophene rings is 1. The fraction of sp³-hybridized carbons (Fsp3) is 0.474. The van der Waals surface area contributed by atoms with Crippen LogP contribution in [0.15, 0.2) is 35.1 Å². The Morgan fingerprint density at radius 2 is 1.97 bits per heavy atom. The van der Waals surface area contributed by atoms with E-state index in [1.165, 1.54) is 9.69 Å². The van der Waals surface area contributed by atoms with Gasteiger partial charge in [0.1, 0.15) is 5.76 Å². The Balaban J connectivity index is 1.88. The Kier molecular flexibility index (Phi) is 7.43. The van der Waals surface area contributed by atoms with Crippen molar-refractivity contribution in [1.82, 2.24) is 9.21 Å². The number of amidine groups is 2. The highest BCUT2D eigenvalue weighted by atomic mass is 32.2. The van der Waals surface area contributed by atoms with E-state index >= 15 is 0 Å². The van der Waals surface area contributed by atoms with Crippen LogP contribution in [0.3, 0.4) is 0 Å². The molecular formula is C19H27N5O5S3. The smallest absolute Gasteiger partial charge is 0.269 e. The predicted octanol–water partition coefficient (Wildman–Crippen LogP) is 3.27. The molecule has 2 atom stereocenters. The van der Waals surface area contributed by atoms with E-state index in [9.17, 15) is 17.7 Å². The zero-order valence-electron chi connectivity index (χ0n) is 18.5. The second-order valence-corrected chi connectivity index (χ2v) is 11.0. The number of aromatic hydroxyl groups is 1. The van der Waals surface area contributed by atoms with E-state index in [4.69, 9.17) is 4.42 Å². The molecule has 2 aromatic heterocycles. The predicted molar refractivity (Wildman–Crippen MR) is 127 cm³/mol. The lowest BCUT2D eigenvalue weighted by Gasteiger charge is -2.27. The summed E-state index contributed by atoms with van der Waals surface area (Å²) in [7, 11) is -2.04. The Hall–Kier alpha value is -2.22. The molecule has 0 amide bonds. The van der Waals surface area contributed by atoms with E-state index in [0.717, 1.165) is 22.7 Å². The van der Waals surface area contributed by atoms with Crippen LogP contribution >= 0.6 is 11.3 Å². The van der Waals surface area contributed by atoms with Gasteiger partial charge < -0.3 is 19.7 Å². The molecule has 1 aliphatic rings. The van der Waals surface area contributed by atoms with Crippen LogP contribution in [0.5, 0.6) is 5.75 Å².